The predicted molar refractivity (Wildman–Crippen MR) is 160 cm³/mol. The summed E-state index contributed by atoms with van der Waals surface area (Å²) in [5.74, 6) is -0.407. The number of aryl methyl sites for hydroxylation is 1. The highest BCUT2D eigenvalue weighted by molar-refractivity contribution is 7.92. The van der Waals surface area contributed by atoms with Crippen molar-refractivity contribution < 1.29 is 17.9 Å². The summed E-state index contributed by atoms with van der Waals surface area (Å²) >= 11 is 6.07. The van der Waals surface area contributed by atoms with E-state index < -0.39 is 15.9 Å². The van der Waals surface area contributed by atoms with E-state index in [1.165, 1.54) is 4.31 Å². The summed E-state index contributed by atoms with van der Waals surface area (Å²) in [5.41, 5.74) is 3.86. The largest absolute Gasteiger partial charge is 0.378 e. The van der Waals surface area contributed by atoms with E-state index >= 15 is 0 Å². The lowest BCUT2D eigenvalue weighted by atomic mass is 10.1. The van der Waals surface area contributed by atoms with Crippen LogP contribution >= 0.6 is 11.6 Å². The zero-order chi connectivity index (χ0) is 28.1. The average Bonchev–Trinajstić information content (AvgIpc) is 2.98. The van der Waals surface area contributed by atoms with Crippen LogP contribution in [-0.2, 0) is 21.3 Å². The fourth-order valence-corrected chi connectivity index (χ4v) is 6.15. The minimum atomic E-state index is -4.02. The molecule has 40 heavy (non-hydrogen) atoms. The van der Waals surface area contributed by atoms with Crippen molar-refractivity contribution >= 4 is 44.6 Å². The van der Waals surface area contributed by atoms with Crippen LogP contribution in [0.15, 0.2) is 102 Å². The quantitative estimate of drug-likeness (QED) is 0.273. The molecule has 1 heterocycles. The number of rotatable bonds is 8. The highest BCUT2D eigenvalue weighted by atomic mass is 35.5. The number of para-hydroxylation sites is 1. The number of anilines is 3. The average molecular weight is 576 g/mol. The zero-order valence-corrected chi connectivity index (χ0v) is 23.7. The van der Waals surface area contributed by atoms with Gasteiger partial charge in [0, 0.05) is 29.5 Å². The Hall–Kier alpha value is -3.85. The summed E-state index contributed by atoms with van der Waals surface area (Å²) in [6, 6.07) is 28.0. The number of halogens is 1. The summed E-state index contributed by atoms with van der Waals surface area (Å²) in [6.07, 6.45) is 0. The van der Waals surface area contributed by atoms with Crippen LogP contribution in [0, 0.1) is 6.92 Å². The Morgan fingerprint density at radius 3 is 2.23 bits per heavy atom. The number of hydrogen-bond donors (Lipinski definition) is 1. The molecular formula is C31H30ClN3O4S. The summed E-state index contributed by atoms with van der Waals surface area (Å²) in [4.78, 5) is 15.9. The van der Waals surface area contributed by atoms with Crippen molar-refractivity contribution in [1.29, 1.82) is 0 Å². The van der Waals surface area contributed by atoms with Gasteiger partial charge in [0.2, 0.25) is 0 Å². The van der Waals surface area contributed by atoms with Crippen LogP contribution in [0.2, 0.25) is 5.02 Å². The third-order valence-corrected chi connectivity index (χ3v) is 8.79. The standard InChI is InChI=1S/C31H30ClN3O4S/c1-23-6-16-28(17-7-23)40(37,38)35(22-24-8-10-25(32)11-9-24)30-5-3-2-4-29(30)31(36)33-26-12-14-27(15-13-26)34-18-20-39-21-19-34/h2-17H,18-22H2,1H3,(H,33,36). The molecule has 4 aromatic carbocycles. The number of morpholine rings is 1. The van der Waals surface area contributed by atoms with Crippen LogP contribution in [-0.4, -0.2) is 40.6 Å². The molecule has 206 valence electrons. The van der Waals surface area contributed by atoms with Gasteiger partial charge in [0.25, 0.3) is 15.9 Å². The van der Waals surface area contributed by atoms with E-state index in [4.69, 9.17) is 16.3 Å². The normalized spacial score (nSPS) is 13.6. The molecule has 1 fully saturated rings. The number of carbonyl (C=O) groups excluding carboxylic acids is 1. The second kappa shape index (κ2) is 12.1. The molecule has 1 amide bonds. The van der Waals surface area contributed by atoms with E-state index in [0.29, 0.717) is 23.9 Å². The first kappa shape index (κ1) is 27.7. The van der Waals surface area contributed by atoms with Gasteiger partial charge in [-0.05, 0) is 73.2 Å². The molecule has 9 heteroatoms. The number of nitrogens with zero attached hydrogens (tertiary/aromatic N) is 2. The Morgan fingerprint density at radius 2 is 1.55 bits per heavy atom. The summed E-state index contributed by atoms with van der Waals surface area (Å²) in [7, 11) is -4.02. The van der Waals surface area contributed by atoms with Crippen LogP contribution in [0.25, 0.3) is 0 Å². The van der Waals surface area contributed by atoms with E-state index in [2.05, 4.69) is 10.2 Å². The molecule has 0 bridgehead atoms. The van der Waals surface area contributed by atoms with Crippen LogP contribution in [0.1, 0.15) is 21.5 Å². The van der Waals surface area contributed by atoms with Gasteiger partial charge < -0.3 is 15.0 Å². The molecule has 7 nitrogen and oxygen atoms in total. The fourth-order valence-electron chi connectivity index (χ4n) is 4.55. The number of amides is 1. The van der Waals surface area contributed by atoms with E-state index in [1.54, 1.807) is 72.8 Å². The first-order chi connectivity index (χ1) is 19.3. The number of hydrogen-bond acceptors (Lipinski definition) is 5. The Labute approximate surface area is 240 Å². The lowest BCUT2D eigenvalue weighted by Crippen LogP contribution is -2.36. The summed E-state index contributed by atoms with van der Waals surface area (Å²) in [5, 5.41) is 3.48. The minimum Gasteiger partial charge on any atom is -0.378 e. The molecule has 1 saturated heterocycles. The molecule has 0 unspecified atom stereocenters. The minimum absolute atomic E-state index is 0.0198. The van der Waals surface area contributed by atoms with Gasteiger partial charge >= 0.3 is 0 Å². The number of sulfonamides is 1. The van der Waals surface area contributed by atoms with Gasteiger partial charge in [-0.15, -0.1) is 0 Å². The molecule has 0 spiro atoms. The van der Waals surface area contributed by atoms with Gasteiger partial charge in [0.15, 0.2) is 0 Å². The second-order valence-electron chi connectivity index (χ2n) is 9.57. The maximum atomic E-state index is 14.0. The Balaban J connectivity index is 1.47. The van der Waals surface area contributed by atoms with Crippen molar-refractivity contribution in [2.24, 2.45) is 0 Å². The van der Waals surface area contributed by atoms with Gasteiger partial charge in [-0.1, -0.05) is 53.6 Å². The Morgan fingerprint density at radius 1 is 0.900 bits per heavy atom. The molecule has 1 aliphatic rings. The van der Waals surface area contributed by atoms with Crippen LogP contribution in [0.4, 0.5) is 17.1 Å². The molecule has 1 N–H and O–H groups in total. The molecule has 0 aliphatic carbocycles. The van der Waals surface area contributed by atoms with Gasteiger partial charge in [0.1, 0.15) is 0 Å². The van der Waals surface area contributed by atoms with E-state index in [-0.39, 0.29) is 22.7 Å². The van der Waals surface area contributed by atoms with E-state index in [9.17, 15) is 13.2 Å². The molecular weight excluding hydrogens is 546 g/mol. The van der Waals surface area contributed by atoms with Crippen LogP contribution < -0.4 is 14.5 Å². The highest BCUT2D eigenvalue weighted by Gasteiger charge is 2.28. The van der Waals surface area contributed by atoms with Gasteiger partial charge in [-0.25, -0.2) is 8.42 Å². The fraction of sp³-hybridized carbons (Fsp3) is 0.194. The highest BCUT2D eigenvalue weighted by Crippen LogP contribution is 2.30. The molecule has 0 radical (unpaired) electrons. The van der Waals surface area contributed by atoms with Gasteiger partial charge in [-0.2, -0.15) is 0 Å². The number of carbonyl (C=O) groups is 1. The summed E-state index contributed by atoms with van der Waals surface area (Å²) < 4.78 is 34.7. The first-order valence-electron chi connectivity index (χ1n) is 13.0. The Bertz CT molecular complexity index is 1570. The third-order valence-electron chi connectivity index (χ3n) is 6.77. The number of ether oxygens (including phenoxy) is 1. The second-order valence-corrected chi connectivity index (χ2v) is 11.9. The van der Waals surface area contributed by atoms with Crippen molar-refractivity contribution in [2.45, 2.75) is 18.4 Å². The summed E-state index contributed by atoms with van der Waals surface area (Å²) in [6.45, 7) is 4.93. The predicted octanol–water partition coefficient (Wildman–Crippen LogP) is 6.13. The lowest BCUT2D eigenvalue weighted by molar-refractivity contribution is 0.102. The maximum absolute atomic E-state index is 14.0. The molecule has 0 aromatic heterocycles. The number of benzene rings is 4. The first-order valence-corrected chi connectivity index (χ1v) is 14.8. The number of nitrogens with one attached hydrogen (secondary N) is 1. The van der Waals surface area contributed by atoms with Crippen LogP contribution in [0.5, 0.6) is 0 Å². The zero-order valence-electron chi connectivity index (χ0n) is 22.1. The van der Waals surface area contributed by atoms with Crippen molar-refractivity contribution in [1.82, 2.24) is 0 Å². The molecule has 0 saturated carbocycles. The molecule has 5 rings (SSSR count). The molecule has 0 atom stereocenters. The smallest absolute Gasteiger partial charge is 0.264 e. The van der Waals surface area contributed by atoms with E-state index in [1.807, 2.05) is 31.2 Å². The monoisotopic (exact) mass is 575 g/mol. The van der Waals surface area contributed by atoms with Crippen molar-refractivity contribution in [2.75, 3.05) is 40.8 Å². The van der Waals surface area contributed by atoms with Gasteiger partial charge in [0.05, 0.1) is 35.9 Å². The van der Waals surface area contributed by atoms with E-state index in [0.717, 1.165) is 29.9 Å². The van der Waals surface area contributed by atoms with Crippen molar-refractivity contribution in [3.8, 4) is 0 Å². The van der Waals surface area contributed by atoms with Crippen LogP contribution in [0.3, 0.4) is 0 Å². The van der Waals surface area contributed by atoms with Crippen molar-refractivity contribution in [3.05, 3.63) is 119 Å². The third kappa shape index (κ3) is 6.31. The molecule has 4 aromatic rings. The topological polar surface area (TPSA) is 79.0 Å². The molecule has 1 aliphatic heterocycles. The maximum Gasteiger partial charge on any atom is 0.264 e. The van der Waals surface area contributed by atoms with Crippen molar-refractivity contribution in [3.63, 3.8) is 0 Å². The SMILES string of the molecule is Cc1ccc(S(=O)(=O)N(Cc2ccc(Cl)cc2)c2ccccc2C(=O)Nc2ccc(N3CCOCC3)cc2)cc1. The van der Waals surface area contributed by atoms with Gasteiger partial charge in [-0.3, -0.25) is 9.10 Å². The lowest BCUT2D eigenvalue weighted by Gasteiger charge is -2.29. The Kier molecular flexibility index (Phi) is 8.40.